The number of hydrogen-bond acceptors (Lipinski definition) is 6. The molecule has 0 radical (unpaired) electrons. The van der Waals surface area contributed by atoms with Crippen LogP contribution in [0.2, 0.25) is 0 Å². The van der Waals surface area contributed by atoms with E-state index in [0.29, 0.717) is 4.64 Å². The largest absolute Gasteiger partial charge is 0.394 e. The van der Waals surface area contributed by atoms with E-state index in [1.807, 2.05) is 0 Å². The maximum absolute atomic E-state index is 9.64. The summed E-state index contributed by atoms with van der Waals surface area (Å²) in [5.41, 5.74) is 0. The fourth-order valence-electron chi connectivity index (χ4n) is 1.76. The molecule has 1 aromatic heterocycles. The quantitative estimate of drug-likeness (QED) is 0.642. The van der Waals surface area contributed by atoms with Crippen molar-refractivity contribution in [1.29, 1.82) is 0 Å². The monoisotopic (exact) mass is 273 g/mol. The highest BCUT2D eigenvalue weighted by Gasteiger charge is 2.37. The van der Waals surface area contributed by atoms with Crippen molar-refractivity contribution in [2.24, 2.45) is 0 Å². The minimum Gasteiger partial charge on any atom is -0.394 e. The Balaban J connectivity index is 2.06. The Bertz CT molecular complexity index is 451. The fraction of sp³-hybridized carbons (Fsp3) is 0.545. The lowest BCUT2D eigenvalue weighted by Crippen LogP contribution is -2.52. The van der Waals surface area contributed by atoms with Crippen molar-refractivity contribution in [2.75, 3.05) is 6.61 Å². The zero-order valence-corrected chi connectivity index (χ0v) is 10.4. The van der Waals surface area contributed by atoms with Crippen molar-refractivity contribution < 1.29 is 24.9 Å². The summed E-state index contributed by atoms with van der Waals surface area (Å²) in [5.74, 6) is 0. The van der Waals surface area contributed by atoms with Crippen molar-refractivity contribution in [2.45, 2.75) is 31.0 Å². The van der Waals surface area contributed by atoms with E-state index < -0.39 is 31.2 Å². The van der Waals surface area contributed by atoms with E-state index in [-0.39, 0.29) is 6.42 Å². The lowest BCUT2D eigenvalue weighted by atomic mass is 10.0. The van der Waals surface area contributed by atoms with Gasteiger partial charge in [0.25, 0.3) is 0 Å². The van der Waals surface area contributed by atoms with E-state index >= 15 is 0 Å². The first-order valence-corrected chi connectivity index (χ1v) is 6.00. The lowest BCUT2D eigenvalue weighted by molar-refractivity contribution is -0.257. The van der Waals surface area contributed by atoms with Gasteiger partial charge in [0.05, 0.1) is 12.7 Å². The number of nitrogens with zero attached hydrogens (tertiary/aromatic N) is 1. The molecule has 18 heavy (non-hydrogen) atoms. The van der Waals surface area contributed by atoms with Gasteiger partial charge in [-0.2, -0.15) is 4.73 Å². The predicted molar refractivity (Wildman–Crippen MR) is 64.2 cm³/mol. The van der Waals surface area contributed by atoms with Gasteiger partial charge < -0.3 is 24.9 Å². The Morgan fingerprint density at radius 1 is 1.44 bits per heavy atom. The first kappa shape index (κ1) is 13.4. The fourth-order valence-corrected chi connectivity index (χ4v) is 1.94. The van der Waals surface area contributed by atoms with Gasteiger partial charge in [-0.25, -0.2) is 0 Å². The maximum Gasteiger partial charge on any atom is 0.227 e. The van der Waals surface area contributed by atoms with Gasteiger partial charge in [-0.1, -0.05) is 18.3 Å². The minimum atomic E-state index is -1.11. The molecule has 0 bridgehead atoms. The molecule has 100 valence electrons. The molecule has 1 fully saturated rings. The average Bonchev–Trinajstić information content (AvgIpc) is 2.36. The third kappa shape index (κ3) is 2.88. The Morgan fingerprint density at radius 3 is 2.89 bits per heavy atom. The summed E-state index contributed by atoms with van der Waals surface area (Å²) in [5, 5.41) is 28.2. The van der Waals surface area contributed by atoms with Gasteiger partial charge in [-0.15, -0.1) is 0 Å². The summed E-state index contributed by atoms with van der Waals surface area (Å²) in [4.78, 5) is 5.44. The zero-order chi connectivity index (χ0) is 13.1. The highest BCUT2D eigenvalue weighted by molar-refractivity contribution is 7.71. The van der Waals surface area contributed by atoms with Gasteiger partial charge in [-0.3, -0.25) is 0 Å². The number of aliphatic hydroxyl groups excluding tert-OH is 3. The molecule has 0 aliphatic carbocycles. The first-order chi connectivity index (χ1) is 8.61. The van der Waals surface area contributed by atoms with Crippen molar-refractivity contribution in [3.8, 4) is 0 Å². The number of hydrogen-bond donors (Lipinski definition) is 3. The smallest absolute Gasteiger partial charge is 0.227 e. The number of ether oxygens (including phenoxy) is 1. The van der Waals surface area contributed by atoms with Crippen LogP contribution in [0, 0.1) is 4.64 Å². The van der Waals surface area contributed by atoms with Crippen LogP contribution in [0.15, 0.2) is 24.4 Å². The zero-order valence-electron chi connectivity index (χ0n) is 9.55. The van der Waals surface area contributed by atoms with Crippen LogP contribution in [-0.4, -0.2) is 51.3 Å². The summed E-state index contributed by atoms with van der Waals surface area (Å²) >= 11 is 5.05. The topological polar surface area (TPSA) is 84.1 Å². The molecule has 0 spiro atoms. The van der Waals surface area contributed by atoms with Gasteiger partial charge in [0.1, 0.15) is 16.8 Å². The Morgan fingerprint density at radius 2 is 2.22 bits per heavy atom. The van der Waals surface area contributed by atoms with Crippen LogP contribution in [0.5, 0.6) is 0 Å². The summed E-state index contributed by atoms with van der Waals surface area (Å²) in [6.07, 6.45) is -2.02. The van der Waals surface area contributed by atoms with Gasteiger partial charge in [0, 0.05) is 12.6 Å². The molecule has 0 amide bonds. The molecule has 0 aromatic carbocycles. The summed E-state index contributed by atoms with van der Waals surface area (Å²) < 4.78 is 7.13. The number of rotatable bonds is 3. The minimum absolute atomic E-state index is 0.105. The lowest BCUT2D eigenvalue weighted by Gasteiger charge is -2.35. The van der Waals surface area contributed by atoms with Crippen molar-refractivity contribution in [1.82, 2.24) is 4.73 Å². The van der Waals surface area contributed by atoms with Crippen LogP contribution >= 0.6 is 12.2 Å². The SMILES string of the molecule is OCC1OC(On2ccccc2=S)CC(O)C1O. The molecular formula is C11H15NO5S. The highest BCUT2D eigenvalue weighted by Crippen LogP contribution is 2.19. The molecule has 1 aromatic rings. The molecule has 4 unspecified atom stereocenters. The molecule has 1 saturated heterocycles. The van der Waals surface area contributed by atoms with Gasteiger partial charge in [-0.05, 0) is 12.1 Å². The highest BCUT2D eigenvalue weighted by atomic mass is 32.1. The molecule has 1 aliphatic rings. The van der Waals surface area contributed by atoms with Crippen LogP contribution in [0.1, 0.15) is 6.42 Å². The number of aromatic nitrogens is 1. The van der Waals surface area contributed by atoms with E-state index in [0.717, 1.165) is 0 Å². The van der Waals surface area contributed by atoms with E-state index in [9.17, 15) is 10.2 Å². The van der Waals surface area contributed by atoms with Crippen molar-refractivity contribution >= 4 is 12.2 Å². The maximum atomic E-state index is 9.64. The average molecular weight is 273 g/mol. The second kappa shape index (κ2) is 5.77. The van der Waals surface area contributed by atoms with Crippen LogP contribution < -0.4 is 4.84 Å². The van der Waals surface area contributed by atoms with Crippen molar-refractivity contribution in [3.05, 3.63) is 29.0 Å². The number of aliphatic hydroxyl groups is 3. The van der Waals surface area contributed by atoms with Crippen LogP contribution in [-0.2, 0) is 4.74 Å². The van der Waals surface area contributed by atoms with Gasteiger partial charge in [0.15, 0.2) is 0 Å². The van der Waals surface area contributed by atoms with E-state index in [4.69, 9.17) is 26.9 Å². The third-order valence-corrected chi connectivity index (χ3v) is 3.05. The van der Waals surface area contributed by atoms with Crippen LogP contribution in [0.25, 0.3) is 0 Å². The van der Waals surface area contributed by atoms with E-state index in [2.05, 4.69) is 0 Å². The summed E-state index contributed by atoms with van der Waals surface area (Å²) in [6.45, 7) is -0.391. The van der Waals surface area contributed by atoms with E-state index in [1.54, 1.807) is 24.4 Å². The Kier molecular flexibility index (Phi) is 4.31. The molecule has 7 heteroatoms. The summed E-state index contributed by atoms with van der Waals surface area (Å²) in [6, 6.07) is 5.21. The standard InChI is InChI=1S/C11H15NO5S/c13-6-8-11(15)7(14)5-10(16-8)17-12-4-2-1-3-9(12)18/h1-4,7-8,10-11,13-15H,5-6H2. The first-order valence-electron chi connectivity index (χ1n) is 5.59. The van der Waals surface area contributed by atoms with Crippen molar-refractivity contribution in [3.63, 3.8) is 0 Å². The second-order valence-electron chi connectivity index (χ2n) is 4.05. The molecule has 0 saturated carbocycles. The van der Waals surface area contributed by atoms with Gasteiger partial charge >= 0.3 is 0 Å². The number of pyridine rings is 1. The molecule has 3 N–H and O–H groups in total. The molecule has 1 aliphatic heterocycles. The van der Waals surface area contributed by atoms with E-state index in [1.165, 1.54) is 4.73 Å². The predicted octanol–water partition coefficient (Wildman–Crippen LogP) is -0.525. The van der Waals surface area contributed by atoms with Crippen LogP contribution in [0.3, 0.4) is 0 Å². The Labute approximate surface area is 109 Å². The second-order valence-corrected chi connectivity index (χ2v) is 4.47. The normalized spacial score (nSPS) is 32.2. The Hall–Kier alpha value is -0.990. The summed E-state index contributed by atoms with van der Waals surface area (Å²) in [7, 11) is 0. The molecular weight excluding hydrogens is 258 g/mol. The third-order valence-electron chi connectivity index (χ3n) is 2.74. The molecule has 4 atom stereocenters. The molecule has 2 rings (SSSR count). The van der Waals surface area contributed by atoms with Gasteiger partial charge in [0.2, 0.25) is 6.29 Å². The molecule has 2 heterocycles. The van der Waals surface area contributed by atoms with Crippen LogP contribution in [0.4, 0.5) is 0 Å². The molecule has 6 nitrogen and oxygen atoms in total.